The maximum Gasteiger partial charge on any atom is 0.202 e. The van der Waals surface area contributed by atoms with Gasteiger partial charge in [0.05, 0.1) is 17.9 Å². The number of aromatic nitrogens is 3. The zero-order valence-electron chi connectivity index (χ0n) is 16.4. The van der Waals surface area contributed by atoms with Gasteiger partial charge in [-0.15, -0.1) is 0 Å². The lowest BCUT2D eigenvalue weighted by molar-refractivity contribution is 0.628. The highest BCUT2D eigenvalue weighted by Crippen LogP contribution is 2.33. The van der Waals surface area contributed by atoms with Crippen LogP contribution in [0.3, 0.4) is 0 Å². The molecule has 7 nitrogen and oxygen atoms in total. The summed E-state index contributed by atoms with van der Waals surface area (Å²) in [5.41, 5.74) is 10.7. The number of imidazole rings is 1. The van der Waals surface area contributed by atoms with Crippen molar-refractivity contribution >= 4 is 5.96 Å². The third-order valence-electron chi connectivity index (χ3n) is 4.63. The molecule has 0 radical (unpaired) electrons. The molecule has 2 aromatic carbocycles. The number of nitrogens with zero attached hydrogens (tertiary/aromatic N) is 4. The first kappa shape index (κ1) is 19.8. The summed E-state index contributed by atoms with van der Waals surface area (Å²) in [4.78, 5) is 16.3. The van der Waals surface area contributed by atoms with E-state index in [4.69, 9.17) is 16.0 Å². The Balaban J connectivity index is 1.68. The number of guanidine groups is 1. The average Bonchev–Trinajstić information content (AvgIpc) is 3.25. The van der Waals surface area contributed by atoms with Crippen LogP contribution in [0.2, 0.25) is 0 Å². The summed E-state index contributed by atoms with van der Waals surface area (Å²) in [5, 5.41) is 10.8. The van der Waals surface area contributed by atoms with E-state index < -0.39 is 0 Å². The van der Waals surface area contributed by atoms with Gasteiger partial charge in [0.2, 0.25) is 5.96 Å². The first-order valence-corrected chi connectivity index (χ1v) is 9.45. The van der Waals surface area contributed by atoms with Gasteiger partial charge in [-0.3, -0.25) is 10.3 Å². The molecule has 0 saturated carbocycles. The summed E-state index contributed by atoms with van der Waals surface area (Å²) in [6.07, 6.45) is 5.16. The van der Waals surface area contributed by atoms with Crippen LogP contribution in [-0.2, 0) is 6.54 Å². The predicted octanol–water partition coefficient (Wildman–Crippen LogP) is 3.83. The van der Waals surface area contributed by atoms with Gasteiger partial charge in [0.15, 0.2) is 6.19 Å². The van der Waals surface area contributed by atoms with Crippen LogP contribution in [0, 0.1) is 17.3 Å². The largest absolute Gasteiger partial charge is 0.369 e. The van der Waals surface area contributed by atoms with E-state index in [1.807, 2.05) is 36.4 Å². The minimum absolute atomic E-state index is 0.0727. The number of halogens is 1. The molecular formula is C23H18FN7. The molecule has 4 aromatic rings. The first-order valence-electron chi connectivity index (χ1n) is 9.45. The molecule has 152 valence electrons. The van der Waals surface area contributed by atoms with Crippen molar-refractivity contribution in [2.75, 3.05) is 0 Å². The highest BCUT2D eigenvalue weighted by atomic mass is 19.1. The maximum absolute atomic E-state index is 13.4. The molecule has 0 bridgehead atoms. The minimum Gasteiger partial charge on any atom is -0.369 e. The van der Waals surface area contributed by atoms with E-state index in [9.17, 15) is 4.39 Å². The lowest BCUT2D eigenvalue weighted by Gasteiger charge is -2.02. The topological polar surface area (TPSA) is 116 Å². The van der Waals surface area contributed by atoms with Gasteiger partial charge in [-0.2, -0.15) is 5.26 Å². The van der Waals surface area contributed by atoms with Crippen LogP contribution in [0.25, 0.3) is 33.9 Å². The third-order valence-corrected chi connectivity index (χ3v) is 4.63. The van der Waals surface area contributed by atoms with Crippen LogP contribution in [0.1, 0.15) is 5.56 Å². The third kappa shape index (κ3) is 4.57. The van der Waals surface area contributed by atoms with Gasteiger partial charge in [-0.1, -0.05) is 24.3 Å². The number of nitrogens with one attached hydrogen (secondary N) is 2. The Labute approximate surface area is 178 Å². The van der Waals surface area contributed by atoms with E-state index in [1.54, 1.807) is 30.7 Å². The Morgan fingerprint density at radius 3 is 2.35 bits per heavy atom. The number of hydrogen-bond donors (Lipinski definition) is 3. The van der Waals surface area contributed by atoms with E-state index in [-0.39, 0.29) is 11.8 Å². The zero-order chi connectivity index (χ0) is 21.6. The van der Waals surface area contributed by atoms with Crippen molar-refractivity contribution in [2.24, 2.45) is 10.7 Å². The van der Waals surface area contributed by atoms with Crippen LogP contribution in [0.15, 0.2) is 78.0 Å². The predicted molar refractivity (Wildman–Crippen MR) is 117 cm³/mol. The number of H-pyrrole nitrogens is 1. The Kier molecular flexibility index (Phi) is 5.67. The first-order chi connectivity index (χ1) is 15.1. The molecule has 0 saturated heterocycles. The van der Waals surface area contributed by atoms with Crippen molar-refractivity contribution in [1.29, 1.82) is 5.26 Å². The summed E-state index contributed by atoms with van der Waals surface area (Å²) in [5.74, 6) is 0.462. The van der Waals surface area contributed by atoms with Crippen LogP contribution >= 0.6 is 0 Å². The second-order valence-electron chi connectivity index (χ2n) is 6.69. The number of nitrogens with two attached hydrogens (primary N) is 1. The van der Waals surface area contributed by atoms with Crippen molar-refractivity contribution in [1.82, 2.24) is 20.3 Å². The van der Waals surface area contributed by atoms with Crippen LogP contribution in [0.4, 0.5) is 4.39 Å². The molecule has 8 heteroatoms. The van der Waals surface area contributed by atoms with Gasteiger partial charge in [0.1, 0.15) is 11.6 Å². The Morgan fingerprint density at radius 1 is 1.00 bits per heavy atom. The molecule has 0 atom stereocenters. The van der Waals surface area contributed by atoms with Crippen molar-refractivity contribution < 1.29 is 4.39 Å². The number of rotatable bonds is 5. The Hall–Kier alpha value is -4.51. The van der Waals surface area contributed by atoms with Crippen molar-refractivity contribution in [2.45, 2.75) is 6.54 Å². The SMILES string of the molecule is N#CNC(N)=NCc1ccc(-c2nc(-c3ccc(F)cc3)c(-c3ccncc3)[nH]2)cc1. The average molecular weight is 411 g/mol. The normalized spacial score (nSPS) is 11.2. The van der Waals surface area contributed by atoms with Crippen molar-refractivity contribution in [3.8, 4) is 40.1 Å². The summed E-state index contributed by atoms with van der Waals surface area (Å²) < 4.78 is 13.4. The number of pyridine rings is 1. The van der Waals surface area contributed by atoms with Gasteiger partial charge >= 0.3 is 0 Å². The number of aromatic amines is 1. The fraction of sp³-hybridized carbons (Fsp3) is 0.0435. The Bertz CT molecular complexity index is 1240. The monoisotopic (exact) mass is 411 g/mol. The molecule has 0 aliphatic heterocycles. The minimum atomic E-state index is -0.297. The van der Waals surface area contributed by atoms with Crippen LogP contribution in [-0.4, -0.2) is 20.9 Å². The van der Waals surface area contributed by atoms with E-state index in [2.05, 4.69) is 20.3 Å². The highest BCUT2D eigenvalue weighted by molar-refractivity contribution is 5.81. The van der Waals surface area contributed by atoms with Crippen molar-refractivity contribution in [3.05, 3.63) is 84.4 Å². The number of hydrogen-bond acceptors (Lipinski definition) is 4. The van der Waals surface area contributed by atoms with Gasteiger partial charge in [-0.05, 0) is 42.0 Å². The molecule has 0 spiro atoms. The second kappa shape index (κ2) is 8.88. The smallest absolute Gasteiger partial charge is 0.202 e. The molecule has 4 N–H and O–H groups in total. The van der Waals surface area contributed by atoms with Gasteiger partial charge < -0.3 is 10.7 Å². The maximum atomic E-state index is 13.4. The van der Waals surface area contributed by atoms with Gasteiger partial charge in [-0.25, -0.2) is 14.4 Å². The summed E-state index contributed by atoms with van der Waals surface area (Å²) in [6.45, 7) is 0.349. The lowest BCUT2D eigenvalue weighted by atomic mass is 10.1. The molecular weight excluding hydrogens is 393 g/mol. The van der Waals surface area contributed by atoms with Gasteiger partial charge in [0.25, 0.3) is 0 Å². The second-order valence-corrected chi connectivity index (χ2v) is 6.69. The molecule has 2 heterocycles. The summed E-state index contributed by atoms with van der Waals surface area (Å²) in [6, 6.07) is 17.8. The van der Waals surface area contributed by atoms with Crippen LogP contribution < -0.4 is 11.1 Å². The Morgan fingerprint density at radius 2 is 1.68 bits per heavy atom. The molecule has 4 rings (SSSR count). The standard InChI is InChI=1S/C23H18FN7/c24-19-7-5-16(6-8-19)20-21(17-9-11-27-12-10-17)31-22(30-20)18-3-1-15(2-4-18)13-28-23(26)29-14-25/h1-12H,13H2,(H,30,31)(H3,26,28,29). The lowest BCUT2D eigenvalue weighted by Crippen LogP contribution is -2.27. The quantitative estimate of drug-likeness (QED) is 0.200. The number of aliphatic imine (C=N–C) groups is 1. The molecule has 0 aliphatic carbocycles. The number of benzene rings is 2. The van der Waals surface area contributed by atoms with E-state index >= 15 is 0 Å². The highest BCUT2D eigenvalue weighted by Gasteiger charge is 2.15. The molecule has 31 heavy (non-hydrogen) atoms. The van der Waals surface area contributed by atoms with Gasteiger partial charge in [0, 0.05) is 29.1 Å². The molecule has 0 unspecified atom stereocenters. The molecule has 0 amide bonds. The molecule has 0 fully saturated rings. The van der Waals surface area contributed by atoms with Crippen molar-refractivity contribution in [3.63, 3.8) is 0 Å². The summed E-state index contributed by atoms with van der Waals surface area (Å²) >= 11 is 0. The molecule has 2 aromatic heterocycles. The van der Waals surface area contributed by atoms with Crippen LogP contribution in [0.5, 0.6) is 0 Å². The zero-order valence-corrected chi connectivity index (χ0v) is 16.4. The van der Waals surface area contributed by atoms with E-state index in [0.717, 1.165) is 33.6 Å². The fourth-order valence-corrected chi connectivity index (χ4v) is 3.10. The van der Waals surface area contributed by atoms with E-state index in [0.29, 0.717) is 12.4 Å². The van der Waals surface area contributed by atoms with E-state index in [1.165, 1.54) is 12.1 Å². The molecule has 0 aliphatic rings. The number of nitriles is 1. The summed E-state index contributed by atoms with van der Waals surface area (Å²) in [7, 11) is 0. The fourth-order valence-electron chi connectivity index (χ4n) is 3.10.